The molecule has 4 nitrogen and oxygen atoms in total. The van der Waals surface area contributed by atoms with Gasteiger partial charge in [-0.2, -0.15) is 0 Å². The standard InChI is InChI=1S/C21H20F3NO3/c1-14(2)16-11-9-15(10-12-16)13-18(20(27)28-3)19(26)25(21(22,23)24)17-7-5-4-6-8-17/h4-14H,1-3H3. The monoisotopic (exact) mass is 391 g/mol. The van der Waals surface area contributed by atoms with E-state index in [4.69, 9.17) is 0 Å². The van der Waals surface area contributed by atoms with Crippen LogP contribution >= 0.6 is 0 Å². The summed E-state index contributed by atoms with van der Waals surface area (Å²) in [6, 6.07) is 13.4. The summed E-state index contributed by atoms with van der Waals surface area (Å²) >= 11 is 0. The van der Waals surface area contributed by atoms with Crippen molar-refractivity contribution in [2.75, 3.05) is 12.0 Å². The Morgan fingerprint density at radius 2 is 1.57 bits per heavy atom. The van der Waals surface area contributed by atoms with Crippen LogP contribution in [0.3, 0.4) is 0 Å². The summed E-state index contributed by atoms with van der Waals surface area (Å²) in [6.45, 7) is 3.99. The number of nitrogens with zero attached hydrogens (tertiary/aromatic N) is 1. The molecule has 28 heavy (non-hydrogen) atoms. The van der Waals surface area contributed by atoms with E-state index in [9.17, 15) is 22.8 Å². The van der Waals surface area contributed by atoms with Crippen LogP contribution in [0.1, 0.15) is 30.9 Å². The predicted molar refractivity (Wildman–Crippen MR) is 101 cm³/mol. The summed E-state index contributed by atoms with van der Waals surface area (Å²) in [5.74, 6) is -2.40. The number of hydrogen-bond donors (Lipinski definition) is 0. The summed E-state index contributed by atoms with van der Waals surface area (Å²) in [7, 11) is 1.01. The quantitative estimate of drug-likeness (QED) is 0.239. The molecule has 0 aliphatic rings. The van der Waals surface area contributed by atoms with Gasteiger partial charge in [-0.15, -0.1) is 13.2 Å². The molecule has 1 amide bonds. The second kappa shape index (κ2) is 8.73. The van der Waals surface area contributed by atoms with Crippen LogP contribution in [0.2, 0.25) is 0 Å². The maximum absolute atomic E-state index is 13.6. The lowest BCUT2D eigenvalue weighted by atomic mass is 10.0. The van der Waals surface area contributed by atoms with Gasteiger partial charge < -0.3 is 4.74 Å². The van der Waals surface area contributed by atoms with Gasteiger partial charge in [0.1, 0.15) is 5.57 Å². The van der Waals surface area contributed by atoms with Gasteiger partial charge in [0, 0.05) is 0 Å². The zero-order chi connectivity index (χ0) is 20.9. The highest BCUT2D eigenvalue weighted by Crippen LogP contribution is 2.30. The van der Waals surface area contributed by atoms with E-state index in [-0.39, 0.29) is 10.8 Å². The highest BCUT2D eigenvalue weighted by Gasteiger charge is 2.44. The van der Waals surface area contributed by atoms with Gasteiger partial charge in [-0.1, -0.05) is 56.3 Å². The average molecular weight is 391 g/mol. The SMILES string of the molecule is COC(=O)C(=Cc1ccc(C(C)C)cc1)C(=O)N(c1ccccc1)C(F)(F)F. The number of carbonyl (C=O) groups is 2. The second-order valence-electron chi connectivity index (χ2n) is 6.31. The Kier molecular flexibility index (Phi) is 6.62. The van der Waals surface area contributed by atoms with Crippen LogP contribution in [0.4, 0.5) is 18.9 Å². The Hall–Kier alpha value is -3.09. The number of anilines is 1. The molecule has 2 aromatic carbocycles. The first-order chi connectivity index (χ1) is 13.1. The van der Waals surface area contributed by atoms with Crippen molar-refractivity contribution in [2.24, 2.45) is 0 Å². The summed E-state index contributed by atoms with van der Waals surface area (Å²) < 4.78 is 45.3. The Morgan fingerprint density at radius 1 is 1.00 bits per heavy atom. The fraction of sp³-hybridized carbons (Fsp3) is 0.238. The van der Waals surface area contributed by atoms with Gasteiger partial charge in [-0.3, -0.25) is 4.79 Å². The molecule has 0 spiro atoms. The molecule has 0 saturated carbocycles. The second-order valence-corrected chi connectivity index (χ2v) is 6.31. The van der Waals surface area contributed by atoms with Crippen LogP contribution in [0, 0.1) is 0 Å². The van der Waals surface area contributed by atoms with Crippen molar-refractivity contribution < 1.29 is 27.5 Å². The van der Waals surface area contributed by atoms with E-state index in [1.807, 2.05) is 13.8 Å². The lowest BCUT2D eigenvalue weighted by molar-refractivity contribution is -0.149. The smallest absolute Gasteiger partial charge is 0.465 e. The van der Waals surface area contributed by atoms with Crippen molar-refractivity contribution >= 4 is 23.6 Å². The molecule has 0 bridgehead atoms. The van der Waals surface area contributed by atoms with E-state index >= 15 is 0 Å². The van der Waals surface area contributed by atoms with Gasteiger partial charge in [0.05, 0.1) is 12.8 Å². The summed E-state index contributed by atoms with van der Waals surface area (Å²) in [4.78, 5) is 24.4. The lowest BCUT2D eigenvalue weighted by Crippen LogP contribution is -2.45. The minimum absolute atomic E-state index is 0.263. The fourth-order valence-electron chi connectivity index (χ4n) is 2.54. The van der Waals surface area contributed by atoms with Crippen molar-refractivity contribution in [1.29, 1.82) is 0 Å². The summed E-state index contributed by atoms with van der Waals surface area (Å²) in [5, 5.41) is 0. The van der Waals surface area contributed by atoms with E-state index in [1.54, 1.807) is 24.3 Å². The highest BCUT2D eigenvalue weighted by atomic mass is 19.4. The van der Waals surface area contributed by atoms with E-state index in [2.05, 4.69) is 4.74 Å². The first-order valence-electron chi connectivity index (χ1n) is 8.51. The van der Waals surface area contributed by atoms with Gasteiger partial charge in [0.15, 0.2) is 0 Å². The van der Waals surface area contributed by atoms with Crippen molar-refractivity contribution in [3.8, 4) is 0 Å². The van der Waals surface area contributed by atoms with E-state index < -0.39 is 29.4 Å². The Labute approximate surface area is 161 Å². The molecule has 7 heteroatoms. The Bertz CT molecular complexity index is 857. The number of alkyl halides is 3. The molecule has 148 valence electrons. The van der Waals surface area contributed by atoms with Gasteiger partial charge in [-0.25, -0.2) is 9.69 Å². The van der Waals surface area contributed by atoms with Crippen LogP contribution in [-0.4, -0.2) is 25.3 Å². The fourth-order valence-corrected chi connectivity index (χ4v) is 2.54. The number of amides is 1. The van der Waals surface area contributed by atoms with E-state index in [0.29, 0.717) is 5.56 Å². The maximum atomic E-state index is 13.6. The van der Waals surface area contributed by atoms with Crippen LogP contribution in [0.15, 0.2) is 60.2 Å². The molecule has 2 aromatic rings. The molecule has 0 saturated heterocycles. The number of rotatable bonds is 5. The first-order valence-corrected chi connectivity index (χ1v) is 8.51. The Balaban J connectivity index is 2.51. The van der Waals surface area contributed by atoms with Gasteiger partial charge in [0.2, 0.25) is 0 Å². The highest BCUT2D eigenvalue weighted by molar-refractivity contribution is 6.25. The predicted octanol–water partition coefficient (Wildman–Crippen LogP) is 4.92. The first kappa shape index (κ1) is 21.2. The molecule has 2 rings (SSSR count). The van der Waals surface area contributed by atoms with Crippen molar-refractivity contribution in [2.45, 2.75) is 26.1 Å². The van der Waals surface area contributed by atoms with E-state index in [1.165, 1.54) is 18.2 Å². The third-order valence-electron chi connectivity index (χ3n) is 4.02. The molecule has 0 N–H and O–H groups in total. The number of ether oxygens (including phenoxy) is 1. The number of para-hydroxylation sites is 1. The number of halogens is 3. The minimum Gasteiger partial charge on any atom is -0.465 e. The third kappa shape index (κ3) is 5.00. The summed E-state index contributed by atoms with van der Waals surface area (Å²) in [5.41, 5.74) is 0.309. The van der Waals surface area contributed by atoms with Crippen LogP contribution in [-0.2, 0) is 14.3 Å². The number of carbonyl (C=O) groups excluding carboxylic acids is 2. The van der Waals surface area contributed by atoms with Crippen molar-refractivity contribution in [1.82, 2.24) is 0 Å². The summed E-state index contributed by atoms with van der Waals surface area (Å²) in [6.07, 6.45) is -3.92. The maximum Gasteiger partial charge on any atom is 0.491 e. The Morgan fingerprint density at radius 3 is 2.04 bits per heavy atom. The van der Waals surface area contributed by atoms with Crippen LogP contribution < -0.4 is 4.90 Å². The molecule has 0 unspecified atom stereocenters. The van der Waals surface area contributed by atoms with Crippen LogP contribution in [0.5, 0.6) is 0 Å². The van der Waals surface area contributed by atoms with Crippen LogP contribution in [0.25, 0.3) is 6.08 Å². The molecule has 0 heterocycles. The topological polar surface area (TPSA) is 46.6 Å². The zero-order valence-corrected chi connectivity index (χ0v) is 15.7. The minimum atomic E-state index is -5.02. The third-order valence-corrected chi connectivity index (χ3v) is 4.02. The molecular weight excluding hydrogens is 371 g/mol. The largest absolute Gasteiger partial charge is 0.491 e. The van der Waals surface area contributed by atoms with Crippen molar-refractivity contribution in [3.05, 3.63) is 71.3 Å². The lowest BCUT2D eigenvalue weighted by Gasteiger charge is -2.25. The normalized spacial score (nSPS) is 12.0. The molecular formula is C21H20F3NO3. The van der Waals surface area contributed by atoms with Crippen molar-refractivity contribution in [3.63, 3.8) is 0 Å². The number of hydrogen-bond acceptors (Lipinski definition) is 3. The molecule has 0 aliphatic carbocycles. The number of benzene rings is 2. The molecule has 0 fully saturated rings. The molecule has 0 aromatic heterocycles. The number of esters is 1. The molecule has 0 aliphatic heterocycles. The van der Waals surface area contributed by atoms with Gasteiger partial charge in [0.25, 0.3) is 5.91 Å². The molecule has 0 radical (unpaired) electrons. The van der Waals surface area contributed by atoms with Gasteiger partial charge >= 0.3 is 12.3 Å². The zero-order valence-electron chi connectivity index (χ0n) is 15.7. The van der Waals surface area contributed by atoms with Gasteiger partial charge in [-0.05, 0) is 35.3 Å². The average Bonchev–Trinajstić information content (AvgIpc) is 2.65. The number of methoxy groups -OCH3 is 1. The molecule has 0 atom stereocenters. The van der Waals surface area contributed by atoms with E-state index in [0.717, 1.165) is 30.9 Å².